The van der Waals surface area contributed by atoms with Gasteiger partial charge in [0.2, 0.25) is 5.91 Å². The van der Waals surface area contributed by atoms with Gasteiger partial charge in [-0.2, -0.15) is 0 Å². The molecule has 0 radical (unpaired) electrons. The van der Waals surface area contributed by atoms with Crippen LogP contribution in [0.15, 0.2) is 0 Å². The Labute approximate surface area is 81.6 Å². The van der Waals surface area contributed by atoms with Gasteiger partial charge in [0.15, 0.2) is 6.61 Å². The van der Waals surface area contributed by atoms with Crippen LogP contribution < -0.4 is 10.8 Å². The largest absolute Gasteiger partial charge is 0.479 e. The first kappa shape index (κ1) is 10.9. The van der Waals surface area contributed by atoms with Gasteiger partial charge in [0.1, 0.15) is 0 Å². The highest BCUT2D eigenvalue weighted by Gasteiger charge is 2.29. The minimum Gasteiger partial charge on any atom is -0.479 e. The Hall–Kier alpha value is -1.14. The summed E-state index contributed by atoms with van der Waals surface area (Å²) < 4.78 is 0. The predicted molar refractivity (Wildman–Crippen MR) is 47.3 cm³/mol. The Balaban J connectivity index is 2.24. The summed E-state index contributed by atoms with van der Waals surface area (Å²) in [6.45, 7) is 2.20. The molecule has 0 aromatic rings. The van der Waals surface area contributed by atoms with Gasteiger partial charge in [0.05, 0.1) is 5.92 Å². The van der Waals surface area contributed by atoms with Crippen molar-refractivity contribution in [1.82, 2.24) is 10.8 Å². The van der Waals surface area contributed by atoms with Crippen molar-refractivity contribution >= 4 is 11.9 Å². The van der Waals surface area contributed by atoms with Crippen LogP contribution in [-0.4, -0.2) is 36.2 Å². The standard InChI is InChI=1S/C8H14N2O4/c1-5-6(2-3-9-5)8(13)10-14-4-7(11)12/h5-6,9H,2-4H2,1H3,(H,10,13)(H,11,12). The summed E-state index contributed by atoms with van der Waals surface area (Å²) in [6, 6.07) is 0.114. The van der Waals surface area contributed by atoms with E-state index >= 15 is 0 Å². The molecule has 1 aliphatic heterocycles. The van der Waals surface area contributed by atoms with Crippen molar-refractivity contribution in [3.05, 3.63) is 0 Å². The number of aliphatic carboxylic acids is 1. The summed E-state index contributed by atoms with van der Waals surface area (Å²) in [5.41, 5.74) is 2.13. The van der Waals surface area contributed by atoms with Crippen LogP contribution in [0.4, 0.5) is 0 Å². The molecule has 1 aliphatic rings. The smallest absolute Gasteiger partial charge is 0.332 e. The zero-order chi connectivity index (χ0) is 10.6. The van der Waals surface area contributed by atoms with E-state index in [0.29, 0.717) is 0 Å². The van der Waals surface area contributed by atoms with Crippen molar-refractivity contribution in [2.45, 2.75) is 19.4 Å². The number of carboxylic acid groups (broad SMARTS) is 1. The molecule has 0 spiro atoms. The fourth-order valence-corrected chi connectivity index (χ4v) is 1.46. The third kappa shape index (κ3) is 2.97. The van der Waals surface area contributed by atoms with Gasteiger partial charge >= 0.3 is 5.97 Å². The van der Waals surface area contributed by atoms with Crippen LogP contribution in [0.25, 0.3) is 0 Å². The van der Waals surface area contributed by atoms with Gasteiger partial charge in [0, 0.05) is 6.04 Å². The molecule has 3 N–H and O–H groups in total. The monoisotopic (exact) mass is 202 g/mol. The molecule has 0 aromatic heterocycles. The summed E-state index contributed by atoms with van der Waals surface area (Å²) in [4.78, 5) is 25.9. The van der Waals surface area contributed by atoms with Crippen LogP contribution in [0.2, 0.25) is 0 Å². The van der Waals surface area contributed by atoms with Crippen molar-refractivity contribution in [2.75, 3.05) is 13.2 Å². The van der Waals surface area contributed by atoms with Crippen molar-refractivity contribution in [3.63, 3.8) is 0 Å². The summed E-state index contributed by atoms with van der Waals surface area (Å²) in [5, 5.41) is 11.4. The molecule has 2 atom stereocenters. The van der Waals surface area contributed by atoms with Crippen LogP contribution in [0.5, 0.6) is 0 Å². The van der Waals surface area contributed by atoms with Crippen molar-refractivity contribution in [3.8, 4) is 0 Å². The normalized spacial score (nSPS) is 26.1. The van der Waals surface area contributed by atoms with E-state index in [1.165, 1.54) is 0 Å². The van der Waals surface area contributed by atoms with Crippen molar-refractivity contribution < 1.29 is 19.5 Å². The molecular formula is C8H14N2O4. The Morgan fingerprint density at radius 3 is 2.86 bits per heavy atom. The molecule has 0 aliphatic carbocycles. The highest BCUT2D eigenvalue weighted by Crippen LogP contribution is 2.14. The van der Waals surface area contributed by atoms with Crippen LogP contribution in [0.3, 0.4) is 0 Å². The zero-order valence-electron chi connectivity index (χ0n) is 7.95. The van der Waals surface area contributed by atoms with E-state index in [1.54, 1.807) is 0 Å². The lowest BCUT2D eigenvalue weighted by molar-refractivity contribution is -0.150. The van der Waals surface area contributed by atoms with Crippen LogP contribution in [-0.2, 0) is 14.4 Å². The van der Waals surface area contributed by atoms with E-state index in [0.717, 1.165) is 13.0 Å². The number of hydroxylamine groups is 1. The number of hydrogen-bond donors (Lipinski definition) is 3. The second-order valence-electron chi connectivity index (χ2n) is 3.29. The first-order chi connectivity index (χ1) is 6.61. The summed E-state index contributed by atoms with van der Waals surface area (Å²) in [6.07, 6.45) is 0.753. The van der Waals surface area contributed by atoms with E-state index in [9.17, 15) is 9.59 Å². The second kappa shape index (κ2) is 4.92. The van der Waals surface area contributed by atoms with Gasteiger partial charge in [-0.25, -0.2) is 10.3 Å². The topological polar surface area (TPSA) is 87.7 Å². The molecule has 80 valence electrons. The van der Waals surface area contributed by atoms with Crippen LogP contribution in [0, 0.1) is 5.92 Å². The predicted octanol–water partition coefficient (Wildman–Crippen LogP) is -0.883. The molecular weight excluding hydrogens is 188 g/mol. The highest BCUT2D eigenvalue weighted by atomic mass is 16.7. The number of hydrogen-bond acceptors (Lipinski definition) is 4. The third-order valence-corrected chi connectivity index (χ3v) is 2.23. The molecule has 1 rings (SSSR count). The van der Waals surface area contributed by atoms with E-state index < -0.39 is 12.6 Å². The quantitative estimate of drug-likeness (QED) is 0.515. The molecule has 1 heterocycles. The van der Waals surface area contributed by atoms with Crippen LogP contribution in [0.1, 0.15) is 13.3 Å². The van der Waals surface area contributed by atoms with Gasteiger partial charge in [-0.15, -0.1) is 0 Å². The molecule has 14 heavy (non-hydrogen) atoms. The Morgan fingerprint density at radius 1 is 1.64 bits per heavy atom. The van der Waals surface area contributed by atoms with Crippen molar-refractivity contribution in [1.29, 1.82) is 0 Å². The van der Waals surface area contributed by atoms with Crippen LogP contribution >= 0.6 is 0 Å². The SMILES string of the molecule is CC1NCCC1C(=O)NOCC(=O)O. The minimum absolute atomic E-state index is 0.114. The summed E-state index contributed by atoms with van der Waals surface area (Å²) in [7, 11) is 0. The van der Waals surface area contributed by atoms with E-state index in [4.69, 9.17) is 5.11 Å². The molecule has 0 saturated carbocycles. The molecule has 0 aromatic carbocycles. The number of carboxylic acids is 1. The van der Waals surface area contributed by atoms with E-state index in [2.05, 4.69) is 15.6 Å². The zero-order valence-corrected chi connectivity index (χ0v) is 7.95. The lowest BCUT2D eigenvalue weighted by Gasteiger charge is -2.13. The molecule has 0 bridgehead atoms. The molecule has 1 saturated heterocycles. The number of carbonyl (C=O) groups is 2. The van der Waals surface area contributed by atoms with Gasteiger partial charge < -0.3 is 10.4 Å². The van der Waals surface area contributed by atoms with Gasteiger partial charge in [-0.3, -0.25) is 9.63 Å². The molecule has 6 heteroatoms. The Morgan fingerprint density at radius 2 is 2.36 bits per heavy atom. The number of nitrogens with one attached hydrogen (secondary N) is 2. The summed E-state index contributed by atoms with van der Waals surface area (Å²) >= 11 is 0. The number of amides is 1. The van der Waals surface area contributed by atoms with Gasteiger partial charge in [-0.05, 0) is 19.9 Å². The average molecular weight is 202 g/mol. The van der Waals surface area contributed by atoms with Gasteiger partial charge in [-0.1, -0.05) is 0 Å². The summed E-state index contributed by atoms with van der Waals surface area (Å²) in [5.74, 6) is -1.50. The molecule has 6 nitrogen and oxygen atoms in total. The lowest BCUT2D eigenvalue weighted by Crippen LogP contribution is -2.37. The number of carbonyl (C=O) groups excluding carboxylic acids is 1. The molecule has 1 amide bonds. The van der Waals surface area contributed by atoms with Gasteiger partial charge in [0.25, 0.3) is 0 Å². The molecule has 2 unspecified atom stereocenters. The Bertz CT molecular complexity index is 231. The maximum atomic E-state index is 11.4. The second-order valence-corrected chi connectivity index (χ2v) is 3.29. The fraction of sp³-hybridized carbons (Fsp3) is 0.750. The first-order valence-corrected chi connectivity index (χ1v) is 4.48. The van der Waals surface area contributed by atoms with E-state index in [-0.39, 0.29) is 17.9 Å². The maximum Gasteiger partial charge on any atom is 0.332 e. The third-order valence-electron chi connectivity index (χ3n) is 2.23. The minimum atomic E-state index is -1.11. The van der Waals surface area contributed by atoms with E-state index in [1.807, 2.05) is 6.92 Å². The highest BCUT2D eigenvalue weighted by molar-refractivity contribution is 5.79. The number of rotatable bonds is 4. The fourth-order valence-electron chi connectivity index (χ4n) is 1.46. The first-order valence-electron chi connectivity index (χ1n) is 4.48. The molecule has 1 fully saturated rings. The Kier molecular flexibility index (Phi) is 3.84. The lowest BCUT2D eigenvalue weighted by atomic mass is 10.0. The average Bonchev–Trinajstić information content (AvgIpc) is 2.50. The maximum absolute atomic E-state index is 11.4. The van der Waals surface area contributed by atoms with Crippen molar-refractivity contribution in [2.24, 2.45) is 5.92 Å².